The summed E-state index contributed by atoms with van der Waals surface area (Å²) in [6, 6.07) is 4.76. The third-order valence-electron chi connectivity index (χ3n) is 4.98. The fourth-order valence-corrected chi connectivity index (χ4v) is 3.58. The lowest BCUT2D eigenvalue weighted by Crippen LogP contribution is -2.48. The number of hydrogen-bond acceptors (Lipinski definition) is 3. The minimum atomic E-state index is -4.59. The van der Waals surface area contributed by atoms with Gasteiger partial charge in [0.1, 0.15) is 5.60 Å². The number of ether oxygens (including phenoxy) is 1. The molecule has 5 nitrogen and oxygen atoms in total. The van der Waals surface area contributed by atoms with Gasteiger partial charge in [0.25, 0.3) is 5.91 Å². The zero-order valence-corrected chi connectivity index (χ0v) is 18.3. The molecule has 0 spiro atoms. The van der Waals surface area contributed by atoms with Crippen LogP contribution in [0, 0.1) is 5.92 Å². The smallest absolute Gasteiger partial charge is 0.417 e. The first-order valence-corrected chi connectivity index (χ1v) is 10.2. The molecule has 1 heterocycles. The number of halogens is 3. The van der Waals surface area contributed by atoms with Crippen LogP contribution in [0.4, 0.5) is 18.0 Å². The quantitative estimate of drug-likeness (QED) is 0.662. The summed E-state index contributed by atoms with van der Waals surface area (Å²) in [5, 5.41) is 0. The summed E-state index contributed by atoms with van der Waals surface area (Å²) < 4.78 is 45.4. The standard InChI is InChI=1S/C22H31F3N2O3/c1-15(2)27(20(29)30-21(3,4)5)14-16-9-8-12-26(13-16)19(28)17-10-6-7-11-18(17)22(23,24)25/h6-7,10-11,15-16H,8-9,12-14H2,1-5H3. The third kappa shape index (κ3) is 6.37. The highest BCUT2D eigenvalue weighted by atomic mass is 19.4. The van der Waals surface area contributed by atoms with Crippen LogP contribution >= 0.6 is 0 Å². The number of rotatable bonds is 4. The van der Waals surface area contributed by atoms with Crippen molar-refractivity contribution in [2.75, 3.05) is 19.6 Å². The van der Waals surface area contributed by atoms with Gasteiger partial charge in [-0.2, -0.15) is 13.2 Å². The van der Waals surface area contributed by atoms with E-state index >= 15 is 0 Å². The average molecular weight is 428 g/mol. The van der Waals surface area contributed by atoms with Gasteiger partial charge in [0, 0.05) is 25.7 Å². The van der Waals surface area contributed by atoms with Crippen LogP contribution in [0.5, 0.6) is 0 Å². The van der Waals surface area contributed by atoms with Crippen molar-refractivity contribution in [3.05, 3.63) is 35.4 Å². The van der Waals surface area contributed by atoms with Gasteiger partial charge in [0.15, 0.2) is 0 Å². The van der Waals surface area contributed by atoms with Crippen LogP contribution in [0.1, 0.15) is 63.4 Å². The minimum Gasteiger partial charge on any atom is -0.444 e. The molecule has 1 aromatic rings. The lowest BCUT2D eigenvalue weighted by Gasteiger charge is -2.37. The first kappa shape index (κ1) is 24.0. The normalized spacial score (nSPS) is 17.8. The van der Waals surface area contributed by atoms with E-state index in [1.54, 1.807) is 25.7 Å². The van der Waals surface area contributed by atoms with Crippen molar-refractivity contribution >= 4 is 12.0 Å². The maximum Gasteiger partial charge on any atom is 0.417 e. The van der Waals surface area contributed by atoms with Crippen molar-refractivity contribution in [2.45, 2.75) is 65.3 Å². The van der Waals surface area contributed by atoms with E-state index in [1.807, 2.05) is 13.8 Å². The summed E-state index contributed by atoms with van der Waals surface area (Å²) in [4.78, 5) is 28.5. The Hall–Kier alpha value is -2.25. The molecular formula is C22H31F3N2O3. The Bertz CT molecular complexity index is 757. The molecule has 1 aromatic carbocycles. The van der Waals surface area contributed by atoms with Gasteiger partial charge in [-0.3, -0.25) is 4.79 Å². The van der Waals surface area contributed by atoms with Crippen molar-refractivity contribution in [3.63, 3.8) is 0 Å². The number of hydrogen-bond donors (Lipinski definition) is 0. The molecule has 1 aliphatic rings. The summed E-state index contributed by atoms with van der Waals surface area (Å²) in [7, 11) is 0. The first-order valence-electron chi connectivity index (χ1n) is 10.2. The molecule has 168 valence electrons. The van der Waals surface area contributed by atoms with Crippen LogP contribution in [-0.4, -0.2) is 53.1 Å². The first-order chi connectivity index (χ1) is 13.8. The predicted molar refractivity (Wildman–Crippen MR) is 108 cm³/mol. The SMILES string of the molecule is CC(C)N(CC1CCCN(C(=O)c2ccccc2C(F)(F)F)C1)C(=O)OC(C)(C)C. The van der Waals surface area contributed by atoms with Gasteiger partial charge < -0.3 is 14.5 Å². The minimum absolute atomic E-state index is 0.0318. The van der Waals surface area contributed by atoms with E-state index in [1.165, 1.54) is 23.1 Å². The van der Waals surface area contributed by atoms with Crippen molar-refractivity contribution in [1.29, 1.82) is 0 Å². The lowest BCUT2D eigenvalue weighted by atomic mass is 9.95. The van der Waals surface area contributed by atoms with E-state index in [9.17, 15) is 22.8 Å². The van der Waals surface area contributed by atoms with Crippen LogP contribution in [0.3, 0.4) is 0 Å². The van der Waals surface area contributed by atoms with Crippen LogP contribution in [0.25, 0.3) is 0 Å². The molecular weight excluding hydrogens is 397 g/mol. The molecule has 1 aliphatic heterocycles. The van der Waals surface area contributed by atoms with Crippen LogP contribution in [0.15, 0.2) is 24.3 Å². The van der Waals surface area contributed by atoms with Crippen LogP contribution in [0.2, 0.25) is 0 Å². The van der Waals surface area contributed by atoms with Crippen LogP contribution in [-0.2, 0) is 10.9 Å². The number of piperidine rings is 1. The molecule has 8 heteroatoms. The topological polar surface area (TPSA) is 49.9 Å². The fraction of sp³-hybridized carbons (Fsp3) is 0.636. The molecule has 30 heavy (non-hydrogen) atoms. The summed E-state index contributed by atoms with van der Waals surface area (Å²) in [6.07, 6.45) is -3.56. The molecule has 1 unspecified atom stereocenters. The van der Waals surface area contributed by atoms with Gasteiger partial charge in [-0.05, 0) is 65.5 Å². The Morgan fingerprint density at radius 1 is 1.20 bits per heavy atom. The van der Waals surface area contributed by atoms with Gasteiger partial charge in [0.2, 0.25) is 0 Å². The molecule has 2 amide bonds. The molecule has 1 fully saturated rings. The Morgan fingerprint density at radius 2 is 1.83 bits per heavy atom. The number of amides is 2. The second-order valence-electron chi connectivity index (χ2n) is 9.03. The number of alkyl halides is 3. The maximum absolute atomic E-state index is 13.3. The predicted octanol–water partition coefficient (Wildman–Crippen LogP) is 5.20. The fourth-order valence-electron chi connectivity index (χ4n) is 3.58. The average Bonchev–Trinajstić information content (AvgIpc) is 2.63. The molecule has 0 N–H and O–H groups in total. The Labute approximate surface area is 176 Å². The molecule has 0 saturated carbocycles. The Morgan fingerprint density at radius 3 is 2.40 bits per heavy atom. The van der Waals surface area contributed by atoms with Gasteiger partial charge >= 0.3 is 12.3 Å². The highest BCUT2D eigenvalue weighted by molar-refractivity contribution is 5.96. The van der Waals surface area contributed by atoms with Crippen molar-refractivity contribution in [3.8, 4) is 0 Å². The zero-order valence-electron chi connectivity index (χ0n) is 18.3. The van der Waals surface area contributed by atoms with Crippen LogP contribution < -0.4 is 0 Å². The van der Waals surface area contributed by atoms with Gasteiger partial charge in [0.05, 0.1) is 11.1 Å². The van der Waals surface area contributed by atoms with Crippen molar-refractivity contribution < 1.29 is 27.5 Å². The summed E-state index contributed by atoms with van der Waals surface area (Å²) >= 11 is 0. The number of carbonyl (C=O) groups is 2. The van der Waals surface area contributed by atoms with E-state index in [-0.39, 0.29) is 17.5 Å². The molecule has 0 bridgehead atoms. The maximum atomic E-state index is 13.3. The van der Waals surface area contributed by atoms with E-state index in [2.05, 4.69) is 0 Å². The van der Waals surface area contributed by atoms with E-state index < -0.39 is 29.3 Å². The molecule has 1 saturated heterocycles. The number of nitrogens with zero attached hydrogens (tertiary/aromatic N) is 2. The highest BCUT2D eigenvalue weighted by Crippen LogP contribution is 2.33. The number of benzene rings is 1. The second-order valence-corrected chi connectivity index (χ2v) is 9.03. The number of carbonyl (C=O) groups excluding carboxylic acids is 2. The van der Waals surface area contributed by atoms with Gasteiger partial charge in [-0.1, -0.05) is 12.1 Å². The summed E-state index contributed by atoms with van der Waals surface area (Å²) in [5.41, 5.74) is -1.88. The third-order valence-corrected chi connectivity index (χ3v) is 4.98. The van der Waals surface area contributed by atoms with Crippen molar-refractivity contribution in [2.24, 2.45) is 5.92 Å². The Kier molecular flexibility index (Phi) is 7.42. The lowest BCUT2D eigenvalue weighted by molar-refractivity contribution is -0.138. The monoisotopic (exact) mass is 428 g/mol. The summed E-state index contributed by atoms with van der Waals surface area (Å²) in [6.45, 7) is 10.2. The second kappa shape index (κ2) is 9.27. The van der Waals surface area contributed by atoms with E-state index in [0.29, 0.717) is 26.1 Å². The molecule has 1 atom stereocenters. The van der Waals surface area contributed by atoms with E-state index in [0.717, 1.165) is 12.5 Å². The number of likely N-dealkylation sites (tertiary alicyclic amines) is 1. The highest BCUT2D eigenvalue weighted by Gasteiger charge is 2.37. The van der Waals surface area contributed by atoms with E-state index in [4.69, 9.17) is 4.74 Å². The Balaban J connectivity index is 2.13. The molecule has 2 rings (SSSR count). The summed E-state index contributed by atoms with van der Waals surface area (Å²) in [5.74, 6) is -0.656. The van der Waals surface area contributed by atoms with Gasteiger partial charge in [-0.25, -0.2) is 4.79 Å². The molecule has 0 radical (unpaired) electrons. The van der Waals surface area contributed by atoms with Crippen molar-refractivity contribution in [1.82, 2.24) is 9.80 Å². The molecule has 0 aromatic heterocycles. The van der Waals surface area contributed by atoms with Gasteiger partial charge in [-0.15, -0.1) is 0 Å². The largest absolute Gasteiger partial charge is 0.444 e. The zero-order chi connectivity index (χ0) is 22.7. The molecule has 0 aliphatic carbocycles.